The van der Waals surface area contributed by atoms with E-state index in [1.807, 2.05) is 48.9 Å². The fourth-order valence-electron chi connectivity index (χ4n) is 7.82. The Hall–Kier alpha value is -6.43. The van der Waals surface area contributed by atoms with Crippen molar-refractivity contribution >= 4 is 41.3 Å². The highest BCUT2D eigenvalue weighted by Crippen LogP contribution is 2.35. The number of Topliss-reactive ketones (excluding diaryl/α,β-unsaturated/α-hetero) is 1. The lowest BCUT2D eigenvalue weighted by molar-refractivity contribution is -0.139. The number of piperidine rings is 1. The second-order valence-corrected chi connectivity index (χ2v) is 14.0. The van der Waals surface area contributed by atoms with E-state index in [9.17, 15) is 24.0 Å². The summed E-state index contributed by atoms with van der Waals surface area (Å²) in [6.07, 6.45) is 7.46. The average molecular weight is 722 g/mol. The van der Waals surface area contributed by atoms with Crippen LogP contribution < -0.4 is 15.1 Å². The fraction of sp³-hybridized carbons (Fsp3) is 0.262. The first-order chi connectivity index (χ1) is 26.2. The summed E-state index contributed by atoms with van der Waals surface area (Å²) in [6.45, 7) is 6.97. The number of piperazine rings is 1. The van der Waals surface area contributed by atoms with E-state index >= 15 is 0 Å². The van der Waals surface area contributed by atoms with Crippen molar-refractivity contribution in [2.75, 3.05) is 36.0 Å². The van der Waals surface area contributed by atoms with Crippen molar-refractivity contribution in [2.24, 2.45) is 0 Å². The Morgan fingerprint density at radius 1 is 0.796 bits per heavy atom. The Morgan fingerprint density at radius 3 is 2.24 bits per heavy atom. The van der Waals surface area contributed by atoms with Gasteiger partial charge in [-0.15, -0.1) is 0 Å². The number of carbonyl (C=O) groups is 5. The fourth-order valence-corrected chi connectivity index (χ4v) is 7.82. The second kappa shape index (κ2) is 14.2. The number of ketones is 1. The maximum absolute atomic E-state index is 13.5. The van der Waals surface area contributed by atoms with E-state index < -0.39 is 23.8 Å². The minimum Gasteiger partial charge on any atom is -0.368 e. The van der Waals surface area contributed by atoms with Gasteiger partial charge in [-0.25, -0.2) is 4.68 Å². The van der Waals surface area contributed by atoms with E-state index in [1.165, 1.54) is 0 Å². The molecule has 0 saturated carbocycles. The number of benzene rings is 3. The van der Waals surface area contributed by atoms with Crippen LogP contribution in [0.2, 0.25) is 0 Å². The van der Waals surface area contributed by atoms with E-state index in [4.69, 9.17) is 5.10 Å². The molecule has 1 N–H and O–H groups in total. The van der Waals surface area contributed by atoms with Crippen molar-refractivity contribution in [3.8, 4) is 28.1 Å². The summed E-state index contributed by atoms with van der Waals surface area (Å²) < 4.78 is 1.91. The number of aromatic nitrogens is 3. The standard InChI is InChI=1S/C42H39N7O5/c1-26-27(2)36(11-10-33(26)42(54)48(25-50)37-12-14-39(52)44-41(37)53)47-21-19-46(20-22-47)31-5-7-32(8-6-31)49-24-35(40(45-49)28-15-17-43-18-16-28)30-3-9-34-29(23-30)4-13-38(34)51/h3,5-11,15-18,23-25,37H,4,12-14,19-22H2,1-2H3,(H,44,52,53). The first kappa shape index (κ1) is 34.6. The molecule has 272 valence electrons. The van der Waals surface area contributed by atoms with E-state index in [0.29, 0.717) is 18.4 Å². The smallest absolute Gasteiger partial charge is 0.261 e. The minimum absolute atomic E-state index is 0.0711. The van der Waals surface area contributed by atoms with Gasteiger partial charge in [0.05, 0.1) is 5.69 Å². The second-order valence-electron chi connectivity index (χ2n) is 14.0. The summed E-state index contributed by atoms with van der Waals surface area (Å²) in [5.74, 6) is -1.40. The van der Waals surface area contributed by atoms with Crippen LogP contribution in [0.1, 0.15) is 56.7 Å². The van der Waals surface area contributed by atoms with Crippen LogP contribution in [0, 0.1) is 13.8 Å². The largest absolute Gasteiger partial charge is 0.368 e. The zero-order valence-electron chi connectivity index (χ0n) is 30.1. The number of hydrogen-bond donors (Lipinski definition) is 1. The maximum atomic E-state index is 13.5. The zero-order valence-corrected chi connectivity index (χ0v) is 30.1. The molecule has 0 bridgehead atoms. The van der Waals surface area contributed by atoms with Crippen molar-refractivity contribution in [3.05, 3.63) is 113 Å². The number of carbonyl (C=O) groups excluding carboxylic acids is 5. The molecule has 2 aromatic heterocycles. The van der Waals surface area contributed by atoms with Crippen LogP contribution in [-0.4, -0.2) is 81.8 Å². The van der Waals surface area contributed by atoms with Crippen molar-refractivity contribution in [1.82, 2.24) is 25.0 Å². The Morgan fingerprint density at radius 2 is 1.52 bits per heavy atom. The van der Waals surface area contributed by atoms with Gasteiger partial charge in [-0.3, -0.25) is 39.2 Å². The molecule has 0 spiro atoms. The first-order valence-corrected chi connectivity index (χ1v) is 18.2. The molecule has 2 saturated heterocycles. The number of aryl methyl sites for hydroxylation is 1. The third-order valence-corrected chi connectivity index (χ3v) is 11.0. The highest BCUT2D eigenvalue weighted by molar-refractivity contribution is 6.08. The summed E-state index contributed by atoms with van der Waals surface area (Å²) in [5.41, 5.74) is 10.8. The molecule has 54 heavy (non-hydrogen) atoms. The van der Waals surface area contributed by atoms with Crippen molar-refractivity contribution in [3.63, 3.8) is 0 Å². The Bertz CT molecular complexity index is 2310. The molecule has 2 aliphatic heterocycles. The number of nitrogens with zero attached hydrogens (tertiary/aromatic N) is 6. The normalized spacial score (nSPS) is 17.0. The molecule has 12 nitrogen and oxygen atoms in total. The lowest BCUT2D eigenvalue weighted by Gasteiger charge is -2.38. The van der Waals surface area contributed by atoms with Gasteiger partial charge in [-0.05, 0) is 97.5 Å². The number of imide groups is 2. The van der Waals surface area contributed by atoms with E-state index in [2.05, 4.69) is 56.6 Å². The van der Waals surface area contributed by atoms with E-state index in [1.54, 1.807) is 18.5 Å². The molecule has 4 heterocycles. The molecule has 3 aromatic carbocycles. The summed E-state index contributed by atoms with van der Waals surface area (Å²) in [6, 6.07) is 21.0. The van der Waals surface area contributed by atoms with Crippen LogP contribution in [-0.2, 0) is 20.8 Å². The van der Waals surface area contributed by atoms with Crippen LogP contribution in [0.5, 0.6) is 0 Å². The first-order valence-electron chi connectivity index (χ1n) is 18.2. The number of anilines is 2. The SMILES string of the molecule is Cc1c(C(=O)N(C=O)C2CCC(=O)NC2=O)ccc(N2CCN(c3ccc(-n4cc(-c5ccc6c(c5)CCC6=O)c(-c5ccncc5)n4)cc3)CC2)c1C. The van der Waals surface area contributed by atoms with Crippen molar-refractivity contribution in [2.45, 2.75) is 45.6 Å². The number of hydrogen-bond acceptors (Lipinski definition) is 9. The summed E-state index contributed by atoms with van der Waals surface area (Å²) >= 11 is 0. The third kappa shape index (κ3) is 6.33. The monoisotopic (exact) mass is 721 g/mol. The van der Waals surface area contributed by atoms with Crippen LogP contribution in [0.15, 0.2) is 85.3 Å². The quantitative estimate of drug-likeness (QED) is 0.172. The number of rotatable bonds is 8. The third-order valence-electron chi connectivity index (χ3n) is 11.0. The summed E-state index contributed by atoms with van der Waals surface area (Å²) in [4.78, 5) is 71.5. The maximum Gasteiger partial charge on any atom is 0.261 e. The van der Waals surface area contributed by atoms with Gasteiger partial charge in [0.25, 0.3) is 5.91 Å². The van der Waals surface area contributed by atoms with Crippen LogP contribution in [0.3, 0.4) is 0 Å². The highest BCUT2D eigenvalue weighted by Gasteiger charge is 2.35. The molecule has 3 aliphatic rings. The minimum atomic E-state index is -1.01. The van der Waals surface area contributed by atoms with Gasteiger partial charge in [-0.2, -0.15) is 5.10 Å². The molecule has 1 unspecified atom stereocenters. The molecule has 12 heteroatoms. The number of amides is 4. The van der Waals surface area contributed by atoms with Gasteiger partial charge in [0.15, 0.2) is 5.78 Å². The molecule has 8 rings (SSSR count). The number of nitrogens with one attached hydrogen (secondary N) is 1. The Kier molecular flexibility index (Phi) is 9.10. The van der Waals surface area contributed by atoms with Crippen LogP contribution in [0.4, 0.5) is 11.4 Å². The average Bonchev–Trinajstić information content (AvgIpc) is 3.81. The van der Waals surface area contributed by atoms with Gasteiger partial charge in [0.2, 0.25) is 18.2 Å². The van der Waals surface area contributed by atoms with Crippen molar-refractivity contribution in [1.29, 1.82) is 0 Å². The lowest BCUT2D eigenvalue weighted by atomic mass is 9.98. The number of pyridine rings is 1. The van der Waals surface area contributed by atoms with Gasteiger partial charge in [-0.1, -0.05) is 18.2 Å². The Labute approximate surface area is 312 Å². The highest BCUT2D eigenvalue weighted by atomic mass is 16.2. The molecule has 1 atom stereocenters. The molecular weight excluding hydrogens is 683 g/mol. The number of fused-ring (bicyclic) bond motifs is 1. The molecule has 5 aromatic rings. The molecule has 2 fully saturated rings. The molecule has 4 amide bonds. The molecule has 1 aliphatic carbocycles. The van der Waals surface area contributed by atoms with Gasteiger partial charge in [0, 0.05) is 91.2 Å². The summed E-state index contributed by atoms with van der Waals surface area (Å²) in [5, 5.41) is 7.25. The van der Waals surface area contributed by atoms with Gasteiger partial charge < -0.3 is 9.80 Å². The van der Waals surface area contributed by atoms with Crippen molar-refractivity contribution < 1.29 is 24.0 Å². The zero-order chi connectivity index (χ0) is 37.5. The van der Waals surface area contributed by atoms with Crippen LogP contribution >= 0.6 is 0 Å². The van der Waals surface area contributed by atoms with Crippen LogP contribution in [0.25, 0.3) is 28.1 Å². The van der Waals surface area contributed by atoms with Gasteiger partial charge in [0.1, 0.15) is 11.7 Å². The lowest BCUT2D eigenvalue weighted by Crippen LogP contribution is -2.54. The predicted molar refractivity (Wildman–Crippen MR) is 204 cm³/mol. The molecular formula is C42H39N7O5. The molecule has 0 radical (unpaired) electrons. The van der Waals surface area contributed by atoms with E-state index in [-0.39, 0.29) is 18.6 Å². The van der Waals surface area contributed by atoms with Gasteiger partial charge >= 0.3 is 0 Å². The Balaban J connectivity index is 0.966. The summed E-state index contributed by atoms with van der Waals surface area (Å²) in [7, 11) is 0. The van der Waals surface area contributed by atoms with E-state index in [0.717, 1.165) is 99.2 Å². The topological polar surface area (TPSA) is 138 Å². The predicted octanol–water partition coefficient (Wildman–Crippen LogP) is 5.08.